The number of para-hydroxylation sites is 1. The number of carbonyl (C=O) groups excluding carboxylic acids is 3. The third-order valence-electron chi connectivity index (χ3n) is 7.60. The van der Waals surface area contributed by atoms with E-state index in [2.05, 4.69) is 10.6 Å². The molecular weight excluding hydrogens is 490 g/mol. The molecule has 2 saturated carbocycles. The minimum Gasteiger partial charge on any atom is -0.426 e. The second-order valence-corrected chi connectivity index (χ2v) is 10.9. The predicted molar refractivity (Wildman–Crippen MR) is 145 cm³/mol. The van der Waals surface area contributed by atoms with Gasteiger partial charge in [0, 0.05) is 24.6 Å². The Bertz CT molecular complexity index is 1120. The lowest BCUT2D eigenvalue weighted by atomic mass is 9.76. The molecule has 2 aliphatic rings. The molecule has 0 radical (unpaired) electrons. The Labute approximate surface area is 223 Å². The van der Waals surface area contributed by atoms with E-state index < -0.39 is 11.9 Å². The molecule has 2 aromatic carbocycles. The van der Waals surface area contributed by atoms with E-state index in [0.29, 0.717) is 22.3 Å². The summed E-state index contributed by atoms with van der Waals surface area (Å²) in [6.45, 7) is 1.27. The van der Waals surface area contributed by atoms with Gasteiger partial charge >= 0.3 is 5.97 Å². The van der Waals surface area contributed by atoms with E-state index in [9.17, 15) is 14.4 Å². The Morgan fingerprint density at radius 1 is 0.919 bits per heavy atom. The first-order valence-corrected chi connectivity index (χ1v) is 13.6. The van der Waals surface area contributed by atoms with Crippen molar-refractivity contribution >= 4 is 35.1 Å². The van der Waals surface area contributed by atoms with Crippen molar-refractivity contribution in [3.63, 3.8) is 0 Å². The van der Waals surface area contributed by atoms with Crippen molar-refractivity contribution in [3.8, 4) is 5.75 Å². The van der Waals surface area contributed by atoms with Gasteiger partial charge in [-0.25, -0.2) is 0 Å². The largest absolute Gasteiger partial charge is 0.426 e. The van der Waals surface area contributed by atoms with Gasteiger partial charge in [-0.2, -0.15) is 0 Å². The van der Waals surface area contributed by atoms with Crippen molar-refractivity contribution in [3.05, 3.63) is 58.6 Å². The molecule has 8 heteroatoms. The zero-order valence-electron chi connectivity index (χ0n) is 21.3. The highest BCUT2D eigenvalue weighted by Gasteiger charge is 2.27. The van der Waals surface area contributed by atoms with E-state index >= 15 is 0 Å². The molecule has 2 fully saturated rings. The number of nitrogens with two attached hydrogens (primary N) is 1. The van der Waals surface area contributed by atoms with Crippen molar-refractivity contribution in [2.24, 2.45) is 17.6 Å². The van der Waals surface area contributed by atoms with Crippen LogP contribution in [0.15, 0.2) is 42.5 Å². The molecular formula is C29H36ClN3O4. The minimum atomic E-state index is -0.523. The second kappa shape index (κ2) is 12.6. The molecule has 4 rings (SSSR count). The number of anilines is 1. The number of nitrogens with one attached hydrogen (secondary N) is 2. The van der Waals surface area contributed by atoms with Crippen LogP contribution in [0.5, 0.6) is 5.75 Å². The molecule has 4 N–H and O–H groups in total. The second-order valence-electron chi connectivity index (χ2n) is 10.4. The highest BCUT2D eigenvalue weighted by atomic mass is 35.5. The van der Waals surface area contributed by atoms with Crippen LogP contribution in [0.25, 0.3) is 0 Å². The fourth-order valence-electron chi connectivity index (χ4n) is 5.56. The van der Waals surface area contributed by atoms with Crippen molar-refractivity contribution in [1.29, 1.82) is 0 Å². The summed E-state index contributed by atoms with van der Waals surface area (Å²) in [6, 6.07) is 11.8. The van der Waals surface area contributed by atoms with Gasteiger partial charge in [0.25, 0.3) is 11.8 Å². The van der Waals surface area contributed by atoms with Gasteiger partial charge in [-0.15, -0.1) is 0 Å². The molecule has 0 spiro atoms. The Morgan fingerprint density at radius 2 is 1.57 bits per heavy atom. The average molecular weight is 526 g/mol. The maximum absolute atomic E-state index is 13.0. The topological polar surface area (TPSA) is 111 Å². The van der Waals surface area contributed by atoms with E-state index in [1.165, 1.54) is 26.2 Å². The van der Waals surface area contributed by atoms with Crippen LogP contribution >= 0.6 is 11.6 Å². The molecule has 0 unspecified atom stereocenters. The van der Waals surface area contributed by atoms with Gasteiger partial charge in [0.2, 0.25) is 0 Å². The molecule has 2 aliphatic carbocycles. The first kappa shape index (κ1) is 27.1. The molecule has 0 atom stereocenters. The van der Waals surface area contributed by atoms with Crippen molar-refractivity contribution in [2.45, 2.75) is 76.8 Å². The van der Waals surface area contributed by atoms with Crippen LogP contribution < -0.4 is 21.1 Å². The lowest BCUT2D eigenvalue weighted by Crippen LogP contribution is -2.38. The first-order valence-electron chi connectivity index (χ1n) is 13.2. The van der Waals surface area contributed by atoms with E-state index in [-0.39, 0.29) is 23.3 Å². The summed E-state index contributed by atoms with van der Waals surface area (Å²) < 4.78 is 5.13. The highest BCUT2D eigenvalue weighted by Crippen LogP contribution is 2.35. The monoisotopic (exact) mass is 525 g/mol. The Morgan fingerprint density at radius 3 is 2.24 bits per heavy atom. The standard InChI is InChI=1S/C29H36ClN3O4/c1-18(34)37-27-5-3-2-4-24(27)29(36)33-26-17-21(10-15-25(26)30)28(35)32-23-13-8-20(9-14-23)16-19-6-11-22(31)12-7-19/h2-5,10,15,17,19-20,22-23H,6-9,11-14,16,31H2,1H3,(H,32,35)(H,33,36). The van der Waals surface area contributed by atoms with E-state index in [1.54, 1.807) is 42.5 Å². The lowest BCUT2D eigenvalue weighted by Gasteiger charge is -2.33. The normalized spacial score (nSPS) is 23.6. The third kappa shape index (κ3) is 7.55. The summed E-state index contributed by atoms with van der Waals surface area (Å²) in [5, 5.41) is 6.20. The first-order chi connectivity index (χ1) is 17.8. The van der Waals surface area contributed by atoms with Gasteiger partial charge in [-0.05, 0) is 100.0 Å². The van der Waals surface area contributed by atoms with Crippen LogP contribution in [0, 0.1) is 11.8 Å². The SMILES string of the molecule is CC(=O)Oc1ccccc1C(=O)Nc1cc(C(=O)NC2CCC(CC3CCC(N)CC3)CC2)ccc1Cl. The quantitative estimate of drug-likeness (QED) is 0.316. The van der Waals surface area contributed by atoms with Gasteiger partial charge in [-0.1, -0.05) is 23.7 Å². The van der Waals surface area contributed by atoms with Crippen LogP contribution in [0.2, 0.25) is 5.02 Å². The molecule has 2 amide bonds. The minimum absolute atomic E-state index is 0.146. The number of esters is 1. The fourth-order valence-corrected chi connectivity index (χ4v) is 5.72. The Balaban J connectivity index is 1.32. The van der Waals surface area contributed by atoms with Crippen LogP contribution in [0.3, 0.4) is 0 Å². The van der Waals surface area contributed by atoms with Crippen LogP contribution in [-0.2, 0) is 4.79 Å². The lowest BCUT2D eigenvalue weighted by molar-refractivity contribution is -0.131. The average Bonchev–Trinajstić information content (AvgIpc) is 2.87. The zero-order chi connectivity index (χ0) is 26.4. The third-order valence-corrected chi connectivity index (χ3v) is 7.93. The number of benzene rings is 2. The van der Waals surface area contributed by atoms with Gasteiger partial charge in [-0.3, -0.25) is 14.4 Å². The maximum atomic E-state index is 13.0. The smallest absolute Gasteiger partial charge is 0.308 e. The molecule has 0 aromatic heterocycles. The van der Waals surface area contributed by atoms with E-state index in [1.807, 2.05) is 0 Å². The summed E-state index contributed by atoms with van der Waals surface area (Å²) >= 11 is 6.31. The Kier molecular flexibility index (Phi) is 9.22. The summed E-state index contributed by atoms with van der Waals surface area (Å²) in [7, 11) is 0. The predicted octanol–water partition coefficient (Wildman–Crippen LogP) is 5.71. The van der Waals surface area contributed by atoms with Crippen molar-refractivity contribution in [2.75, 3.05) is 5.32 Å². The number of amides is 2. The van der Waals surface area contributed by atoms with Crippen molar-refractivity contribution in [1.82, 2.24) is 5.32 Å². The molecule has 0 heterocycles. The number of halogens is 1. The molecule has 7 nitrogen and oxygen atoms in total. The van der Waals surface area contributed by atoms with Crippen molar-refractivity contribution < 1.29 is 19.1 Å². The van der Waals surface area contributed by atoms with Crippen LogP contribution in [0.4, 0.5) is 5.69 Å². The summed E-state index contributed by atoms with van der Waals surface area (Å²) in [6.07, 6.45) is 10.3. The van der Waals surface area contributed by atoms with Gasteiger partial charge in [0.1, 0.15) is 5.75 Å². The Hall–Kier alpha value is -2.90. The number of hydrogen-bond donors (Lipinski definition) is 3. The highest BCUT2D eigenvalue weighted by molar-refractivity contribution is 6.34. The number of hydrogen-bond acceptors (Lipinski definition) is 5. The van der Waals surface area contributed by atoms with Gasteiger partial charge < -0.3 is 21.1 Å². The molecule has 198 valence electrons. The molecule has 37 heavy (non-hydrogen) atoms. The van der Waals surface area contributed by atoms with Gasteiger partial charge in [0.05, 0.1) is 16.3 Å². The molecule has 0 saturated heterocycles. The van der Waals surface area contributed by atoms with Crippen LogP contribution in [0.1, 0.15) is 85.4 Å². The fraction of sp³-hybridized carbons (Fsp3) is 0.483. The van der Waals surface area contributed by atoms with E-state index in [4.69, 9.17) is 22.1 Å². The van der Waals surface area contributed by atoms with Gasteiger partial charge in [0.15, 0.2) is 0 Å². The number of rotatable bonds is 7. The van der Waals surface area contributed by atoms with E-state index in [0.717, 1.165) is 50.4 Å². The number of carbonyl (C=O) groups is 3. The zero-order valence-corrected chi connectivity index (χ0v) is 22.1. The maximum Gasteiger partial charge on any atom is 0.308 e. The molecule has 2 aromatic rings. The molecule has 0 bridgehead atoms. The summed E-state index contributed by atoms with van der Waals surface area (Å²) in [5.41, 5.74) is 6.98. The number of ether oxygens (including phenoxy) is 1. The molecule has 0 aliphatic heterocycles. The summed E-state index contributed by atoms with van der Waals surface area (Å²) in [4.78, 5) is 37.3. The van der Waals surface area contributed by atoms with Crippen LogP contribution in [-0.4, -0.2) is 29.9 Å². The summed E-state index contributed by atoms with van der Waals surface area (Å²) in [5.74, 6) is 0.496.